The highest BCUT2D eigenvalue weighted by molar-refractivity contribution is 6.31. The molecule has 2 aromatic carbocycles. The number of halogens is 1. The van der Waals surface area contributed by atoms with Crippen LogP contribution >= 0.6 is 11.6 Å². The Morgan fingerprint density at radius 2 is 1.70 bits per heavy atom. The summed E-state index contributed by atoms with van der Waals surface area (Å²) in [7, 11) is 3.03. The molecule has 0 aliphatic rings. The Bertz CT molecular complexity index is 816. The number of nitrogens with zero attached hydrogens (tertiary/aromatic N) is 1. The van der Waals surface area contributed by atoms with E-state index in [-0.39, 0.29) is 18.4 Å². The topological polar surface area (TPSA) is 67.9 Å². The van der Waals surface area contributed by atoms with Crippen molar-refractivity contribution in [2.45, 2.75) is 13.8 Å². The fourth-order valence-electron chi connectivity index (χ4n) is 2.53. The molecule has 0 saturated carbocycles. The van der Waals surface area contributed by atoms with Crippen molar-refractivity contribution >= 4 is 29.1 Å². The van der Waals surface area contributed by atoms with Crippen LogP contribution in [0, 0.1) is 6.92 Å². The molecule has 0 spiro atoms. The number of nitrogens with one attached hydrogen (secondary N) is 1. The Balaban J connectivity index is 2.15. The number of rotatable bonds is 7. The van der Waals surface area contributed by atoms with Crippen LogP contribution in [-0.4, -0.2) is 44.0 Å². The van der Waals surface area contributed by atoms with Gasteiger partial charge in [-0.25, -0.2) is 0 Å². The number of carbonyl (C=O) groups is 2. The highest BCUT2D eigenvalue weighted by atomic mass is 35.5. The van der Waals surface area contributed by atoms with Crippen molar-refractivity contribution in [3.8, 4) is 11.5 Å². The Hall–Kier alpha value is -2.73. The molecule has 2 rings (SSSR count). The predicted octanol–water partition coefficient (Wildman–Crippen LogP) is 3.77. The molecule has 6 nitrogen and oxygen atoms in total. The zero-order chi connectivity index (χ0) is 20.0. The summed E-state index contributed by atoms with van der Waals surface area (Å²) in [4.78, 5) is 26.7. The van der Waals surface area contributed by atoms with E-state index < -0.39 is 0 Å². The van der Waals surface area contributed by atoms with E-state index in [0.29, 0.717) is 34.3 Å². The van der Waals surface area contributed by atoms with Crippen LogP contribution in [0.1, 0.15) is 22.8 Å². The van der Waals surface area contributed by atoms with Gasteiger partial charge in [0.15, 0.2) is 0 Å². The van der Waals surface area contributed by atoms with Gasteiger partial charge in [-0.15, -0.1) is 0 Å². The minimum absolute atomic E-state index is 0.0825. The second-order valence-corrected chi connectivity index (χ2v) is 6.36. The van der Waals surface area contributed by atoms with Crippen molar-refractivity contribution in [1.82, 2.24) is 4.90 Å². The first-order valence-corrected chi connectivity index (χ1v) is 8.84. The van der Waals surface area contributed by atoms with Crippen LogP contribution in [0.3, 0.4) is 0 Å². The van der Waals surface area contributed by atoms with Gasteiger partial charge in [0, 0.05) is 28.9 Å². The molecule has 7 heteroatoms. The molecular formula is C20H23ClN2O4. The maximum absolute atomic E-state index is 12.8. The van der Waals surface area contributed by atoms with Crippen molar-refractivity contribution in [1.29, 1.82) is 0 Å². The number of ether oxygens (including phenoxy) is 2. The Labute approximate surface area is 164 Å². The summed E-state index contributed by atoms with van der Waals surface area (Å²) in [6, 6.07) is 10.2. The van der Waals surface area contributed by atoms with E-state index in [1.807, 2.05) is 19.9 Å². The number of benzene rings is 2. The van der Waals surface area contributed by atoms with Crippen LogP contribution in [0.15, 0.2) is 36.4 Å². The lowest BCUT2D eigenvalue weighted by Gasteiger charge is -2.21. The summed E-state index contributed by atoms with van der Waals surface area (Å²) in [5.41, 5.74) is 1.90. The quantitative estimate of drug-likeness (QED) is 0.781. The van der Waals surface area contributed by atoms with Gasteiger partial charge in [-0.3, -0.25) is 9.59 Å². The number of anilines is 1. The van der Waals surface area contributed by atoms with Crippen LogP contribution in [0.5, 0.6) is 11.5 Å². The van der Waals surface area contributed by atoms with E-state index in [2.05, 4.69) is 5.32 Å². The van der Waals surface area contributed by atoms with E-state index in [1.54, 1.807) is 30.3 Å². The molecule has 0 bridgehead atoms. The van der Waals surface area contributed by atoms with Crippen molar-refractivity contribution in [3.05, 3.63) is 52.5 Å². The summed E-state index contributed by atoms with van der Waals surface area (Å²) in [5, 5.41) is 3.33. The standard InChI is InChI=1S/C20H23ClN2O4/c1-5-23(12-19(24)22-18-10-15(21)7-6-13(18)2)20(25)14-8-16(26-3)11-17(9-14)27-4/h6-11H,5,12H2,1-4H3,(H,22,24). The van der Waals surface area contributed by atoms with E-state index >= 15 is 0 Å². The molecule has 1 N–H and O–H groups in total. The lowest BCUT2D eigenvalue weighted by atomic mass is 10.1. The SMILES string of the molecule is CCN(CC(=O)Nc1cc(Cl)ccc1C)C(=O)c1cc(OC)cc(OC)c1. The normalized spacial score (nSPS) is 10.3. The molecule has 0 unspecified atom stereocenters. The summed E-state index contributed by atoms with van der Waals surface area (Å²) in [5.74, 6) is 0.429. The molecule has 2 amide bonds. The highest BCUT2D eigenvalue weighted by Crippen LogP contribution is 2.24. The zero-order valence-corrected chi connectivity index (χ0v) is 16.6. The first-order valence-electron chi connectivity index (χ1n) is 8.46. The number of amides is 2. The third kappa shape index (κ3) is 5.37. The zero-order valence-electron chi connectivity index (χ0n) is 15.8. The van der Waals surface area contributed by atoms with Gasteiger partial charge in [0.05, 0.1) is 14.2 Å². The fraction of sp³-hybridized carbons (Fsp3) is 0.300. The number of likely N-dealkylation sites (N-methyl/N-ethyl adjacent to an activating group) is 1. The summed E-state index contributed by atoms with van der Waals surface area (Å²) < 4.78 is 10.4. The van der Waals surface area contributed by atoms with Gasteiger partial charge in [-0.05, 0) is 43.7 Å². The Morgan fingerprint density at radius 1 is 1.07 bits per heavy atom. The summed E-state index contributed by atoms with van der Waals surface area (Å²) >= 11 is 5.98. The largest absolute Gasteiger partial charge is 0.497 e. The van der Waals surface area contributed by atoms with Gasteiger partial charge < -0.3 is 19.7 Å². The van der Waals surface area contributed by atoms with Crippen molar-refractivity contribution in [2.24, 2.45) is 0 Å². The smallest absolute Gasteiger partial charge is 0.254 e. The monoisotopic (exact) mass is 390 g/mol. The predicted molar refractivity (Wildman–Crippen MR) is 106 cm³/mol. The van der Waals surface area contributed by atoms with Crippen molar-refractivity contribution < 1.29 is 19.1 Å². The van der Waals surface area contributed by atoms with Gasteiger partial charge >= 0.3 is 0 Å². The number of aryl methyl sites for hydroxylation is 1. The molecule has 0 aromatic heterocycles. The van der Waals surface area contributed by atoms with Gasteiger partial charge in [-0.2, -0.15) is 0 Å². The lowest BCUT2D eigenvalue weighted by Crippen LogP contribution is -2.38. The van der Waals surface area contributed by atoms with Crippen LogP contribution in [0.2, 0.25) is 5.02 Å². The van der Waals surface area contributed by atoms with Crippen LogP contribution < -0.4 is 14.8 Å². The van der Waals surface area contributed by atoms with E-state index in [9.17, 15) is 9.59 Å². The van der Waals surface area contributed by atoms with Crippen LogP contribution in [0.25, 0.3) is 0 Å². The third-order valence-electron chi connectivity index (χ3n) is 4.08. The minimum atomic E-state index is -0.301. The molecular weight excluding hydrogens is 368 g/mol. The average molecular weight is 391 g/mol. The molecule has 0 aliphatic carbocycles. The highest BCUT2D eigenvalue weighted by Gasteiger charge is 2.19. The molecule has 0 saturated heterocycles. The molecule has 0 fully saturated rings. The van der Waals surface area contributed by atoms with Gasteiger partial charge in [0.2, 0.25) is 5.91 Å². The van der Waals surface area contributed by atoms with Crippen LogP contribution in [0.4, 0.5) is 5.69 Å². The molecule has 27 heavy (non-hydrogen) atoms. The molecule has 0 atom stereocenters. The summed E-state index contributed by atoms with van der Waals surface area (Å²) in [6.45, 7) is 3.98. The molecule has 0 radical (unpaired) electrons. The van der Waals surface area contributed by atoms with E-state index in [4.69, 9.17) is 21.1 Å². The van der Waals surface area contributed by atoms with Gasteiger partial charge in [0.25, 0.3) is 5.91 Å². The summed E-state index contributed by atoms with van der Waals surface area (Å²) in [6.07, 6.45) is 0. The minimum Gasteiger partial charge on any atom is -0.497 e. The first-order chi connectivity index (χ1) is 12.9. The molecule has 0 aliphatic heterocycles. The lowest BCUT2D eigenvalue weighted by molar-refractivity contribution is -0.116. The maximum atomic E-state index is 12.8. The molecule has 0 heterocycles. The molecule has 2 aromatic rings. The fourth-order valence-corrected chi connectivity index (χ4v) is 2.70. The van der Waals surface area contributed by atoms with E-state index in [1.165, 1.54) is 19.1 Å². The second-order valence-electron chi connectivity index (χ2n) is 5.93. The number of hydrogen-bond donors (Lipinski definition) is 1. The van der Waals surface area contributed by atoms with Crippen LogP contribution in [-0.2, 0) is 4.79 Å². The first kappa shape index (κ1) is 20.6. The number of carbonyl (C=O) groups excluding carboxylic acids is 2. The molecule has 144 valence electrons. The van der Waals surface area contributed by atoms with Gasteiger partial charge in [-0.1, -0.05) is 17.7 Å². The van der Waals surface area contributed by atoms with E-state index in [0.717, 1.165) is 5.56 Å². The second kappa shape index (κ2) is 9.28. The van der Waals surface area contributed by atoms with Crippen molar-refractivity contribution in [2.75, 3.05) is 32.6 Å². The number of hydrogen-bond acceptors (Lipinski definition) is 4. The Morgan fingerprint density at radius 3 is 2.26 bits per heavy atom. The van der Waals surface area contributed by atoms with Crippen molar-refractivity contribution in [3.63, 3.8) is 0 Å². The van der Waals surface area contributed by atoms with Gasteiger partial charge in [0.1, 0.15) is 18.0 Å². The Kier molecular flexibility index (Phi) is 7.07. The third-order valence-corrected chi connectivity index (χ3v) is 4.31. The maximum Gasteiger partial charge on any atom is 0.254 e. The number of methoxy groups -OCH3 is 2. The average Bonchev–Trinajstić information content (AvgIpc) is 2.67.